The molecule has 2 aromatic carbocycles. The quantitative estimate of drug-likeness (QED) is 0.589. The summed E-state index contributed by atoms with van der Waals surface area (Å²) in [4.78, 5) is 0. The summed E-state index contributed by atoms with van der Waals surface area (Å²) in [6, 6.07) is 20.7. The standard InChI is InChI=1S/C15H16OSi/c17-16-12-15(14-9-5-2-6-10-14)11-13-7-3-1-4-8-13/h1-11H,12H2,17H3. The molecule has 0 unspecified atom stereocenters. The van der Waals surface area contributed by atoms with Crippen molar-refractivity contribution in [2.24, 2.45) is 0 Å². The third-order valence-corrected chi connectivity index (χ3v) is 2.87. The van der Waals surface area contributed by atoms with Gasteiger partial charge in [-0.15, -0.1) is 0 Å². The molecule has 0 radical (unpaired) electrons. The van der Waals surface area contributed by atoms with Crippen molar-refractivity contribution in [2.45, 2.75) is 0 Å². The normalized spacial score (nSPS) is 11.6. The molecule has 86 valence electrons. The lowest BCUT2D eigenvalue weighted by Crippen LogP contribution is -1.94. The van der Waals surface area contributed by atoms with Crippen LogP contribution in [-0.2, 0) is 4.43 Å². The Hall–Kier alpha value is -1.64. The van der Waals surface area contributed by atoms with Crippen molar-refractivity contribution in [1.29, 1.82) is 0 Å². The first kappa shape index (κ1) is 11.8. The van der Waals surface area contributed by atoms with Crippen LogP contribution in [0.3, 0.4) is 0 Å². The Balaban J connectivity index is 2.33. The summed E-state index contributed by atoms with van der Waals surface area (Å²) in [5.41, 5.74) is 3.67. The summed E-state index contributed by atoms with van der Waals surface area (Å²) in [7, 11) is 0.764. The van der Waals surface area contributed by atoms with Crippen molar-refractivity contribution in [3.8, 4) is 0 Å². The first-order chi connectivity index (χ1) is 8.40. The van der Waals surface area contributed by atoms with Gasteiger partial charge in [-0.05, 0) is 22.8 Å². The van der Waals surface area contributed by atoms with Crippen LogP contribution in [0, 0.1) is 0 Å². The fraction of sp³-hybridized carbons (Fsp3) is 0.0667. The number of benzene rings is 2. The molecule has 0 aliphatic carbocycles. The van der Waals surface area contributed by atoms with Gasteiger partial charge in [-0.2, -0.15) is 0 Å². The van der Waals surface area contributed by atoms with Crippen LogP contribution in [0.15, 0.2) is 60.7 Å². The van der Waals surface area contributed by atoms with Gasteiger partial charge in [-0.3, -0.25) is 0 Å². The molecular weight excluding hydrogens is 224 g/mol. The molecule has 0 aliphatic rings. The average Bonchev–Trinajstić information content (AvgIpc) is 2.40. The van der Waals surface area contributed by atoms with Crippen LogP contribution in [-0.4, -0.2) is 17.1 Å². The largest absolute Gasteiger partial charge is 0.424 e. The van der Waals surface area contributed by atoms with Crippen LogP contribution in [0.25, 0.3) is 11.6 Å². The first-order valence-electron chi connectivity index (χ1n) is 5.70. The van der Waals surface area contributed by atoms with Gasteiger partial charge in [0.05, 0.1) is 6.61 Å². The smallest absolute Gasteiger partial charge is 0.146 e. The molecule has 0 fully saturated rings. The van der Waals surface area contributed by atoms with Gasteiger partial charge in [-0.25, -0.2) is 0 Å². The van der Waals surface area contributed by atoms with Crippen LogP contribution in [0.2, 0.25) is 0 Å². The highest BCUT2D eigenvalue weighted by molar-refractivity contribution is 5.99. The summed E-state index contributed by atoms with van der Waals surface area (Å²) in [6.07, 6.45) is 2.19. The molecule has 0 aliphatic heterocycles. The Morgan fingerprint density at radius 3 is 2.12 bits per heavy atom. The average molecular weight is 240 g/mol. The molecule has 0 saturated heterocycles. The molecule has 2 rings (SSSR count). The van der Waals surface area contributed by atoms with Crippen molar-refractivity contribution in [1.82, 2.24) is 0 Å². The molecule has 2 aromatic rings. The second kappa shape index (κ2) is 6.18. The third-order valence-electron chi connectivity index (χ3n) is 2.58. The minimum atomic E-state index is 0.686. The zero-order chi connectivity index (χ0) is 11.9. The lowest BCUT2D eigenvalue weighted by atomic mass is 10.0. The molecule has 0 spiro atoms. The Morgan fingerprint density at radius 1 is 0.941 bits per heavy atom. The van der Waals surface area contributed by atoms with Crippen LogP contribution in [0.1, 0.15) is 11.1 Å². The number of hydrogen-bond acceptors (Lipinski definition) is 1. The fourth-order valence-electron chi connectivity index (χ4n) is 1.77. The zero-order valence-electron chi connectivity index (χ0n) is 9.97. The monoisotopic (exact) mass is 240 g/mol. The van der Waals surface area contributed by atoms with E-state index in [9.17, 15) is 0 Å². The molecule has 0 atom stereocenters. The maximum atomic E-state index is 5.40. The van der Waals surface area contributed by atoms with Crippen LogP contribution in [0.4, 0.5) is 0 Å². The number of hydrogen-bond donors (Lipinski definition) is 0. The highest BCUT2D eigenvalue weighted by Crippen LogP contribution is 2.18. The van der Waals surface area contributed by atoms with Gasteiger partial charge in [0, 0.05) is 0 Å². The van der Waals surface area contributed by atoms with E-state index in [2.05, 4.69) is 54.6 Å². The highest BCUT2D eigenvalue weighted by atomic mass is 28.2. The Morgan fingerprint density at radius 2 is 1.53 bits per heavy atom. The SMILES string of the molecule is [SiH3]OCC(=Cc1ccccc1)c1ccccc1. The van der Waals surface area contributed by atoms with Gasteiger partial charge >= 0.3 is 0 Å². The van der Waals surface area contributed by atoms with E-state index >= 15 is 0 Å². The minimum Gasteiger partial charge on any atom is -0.424 e. The molecule has 0 saturated carbocycles. The number of rotatable bonds is 4. The molecule has 17 heavy (non-hydrogen) atoms. The summed E-state index contributed by atoms with van der Waals surface area (Å²) in [6.45, 7) is 0.686. The summed E-state index contributed by atoms with van der Waals surface area (Å²) < 4.78 is 5.40. The zero-order valence-corrected chi connectivity index (χ0v) is 12.0. The molecule has 0 N–H and O–H groups in total. The molecule has 0 bridgehead atoms. The highest BCUT2D eigenvalue weighted by Gasteiger charge is 2.00. The van der Waals surface area contributed by atoms with Gasteiger partial charge in [0.2, 0.25) is 0 Å². The maximum Gasteiger partial charge on any atom is 0.146 e. The van der Waals surface area contributed by atoms with E-state index in [-0.39, 0.29) is 0 Å². The van der Waals surface area contributed by atoms with Crippen LogP contribution >= 0.6 is 0 Å². The lowest BCUT2D eigenvalue weighted by Gasteiger charge is -2.07. The second-order valence-corrected chi connectivity index (χ2v) is 4.46. The van der Waals surface area contributed by atoms with E-state index in [1.165, 1.54) is 16.7 Å². The van der Waals surface area contributed by atoms with Gasteiger partial charge in [-0.1, -0.05) is 60.7 Å². The predicted molar refractivity (Wildman–Crippen MR) is 76.6 cm³/mol. The van der Waals surface area contributed by atoms with Crippen molar-refractivity contribution in [2.75, 3.05) is 6.61 Å². The fourth-order valence-corrected chi connectivity index (χ4v) is 2.08. The van der Waals surface area contributed by atoms with E-state index in [1.807, 2.05) is 12.1 Å². The van der Waals surface area contributed by atoms with Crippen LogP contribution in [0.5, 0.6) is 0 Å². The topological polar surface area (TPSA) is 9.23 Å². The Kier molecular flexibility index (Phi) is 4.30. The van der Waals surface area contributed by atoms with E-state index in [1.54, 1.807) is 0 Å². The van der Waals surface area contributed by atoms with Crippen molar-refractivity contribution >= 4 is 22.1 Å². The van der Waals surface area contributed by atoms with Gasteiger partial charge in [0.15, 0.2) is 0 Å². The first-order valence-corrected chi connectivity index (χ1v) is 6.52. The molecule has 0 amide bonds. The van der Waals surface area contributed by atoms with Gasteiger partial charge < -0.3 is 4.43 Å². The van der Waals surface area contributed by atoms with Gasteiger partial charge in [0.25, 0.3) is 0 Å². The third kappa shape index (κ3) is 3.41. The van der Waals surface area contributed by atoms with Crippen molar-refractivity contribution in [3.63, 3.8) is 0 Å². The molecule has 1 nitrogen and oxygen atoms in total. The molecule has 0 aromatic heterocycles. The summed E-state index contributed by atoms with van der Waals surface area (Å²) in [5, 5.41) is 0. The minimum absolute atomic E-state index is 0.686. The molecule has 0 heterocycles. The summed E-state index contributed by atoms with van der Waals surface area (Å²) >= 11 is 0. The lowest BCUT2D eigenvalue weighted by molar-refractivity contribution is 0.410. The van der Waals surface area contributed by atoms with E-state index < -0.39 is 0 Å². The van der Waals surface area contributed by atoms with Gasteiger partial charge in [0.1, 0.15) is 10.5 Å². The van der Waals surface area contributed by atoms with E-state index in [0.29, 0.717) is 6.61 Å². The predicted octanol–water partition coefficient (Wildman–Crippen LogP) is 2.52. The van der Waals surface area contributed by atoms with Crippen molar-refractivity contribution < 1.29 is 4.43 Å². The Labute approximate surface area is 105 Å². The Bertz CT molecular complexity index is 477. The summed E-state index contributed by atoms with van der Waals surface area (Å²) in [5.74, 6) is 0. The van der Waals surface area contributed by atoms with Crippen LogP contribution < -0.4 is 0 Å². The second-order valence-electron chi connectivity index (χ2n) is 3.88. The van der Waals surface area contributed by atoms with E-state index in [0.717, 1.165) is 10.5 Å². The van der Waals surface area contributed by atoms with E-state index in [4.69, 9.17) is 4.43 Å². The van der Waals surface area contributed by atoms with Crippen molar-refractivity contribution in [3.05, 3.63) is 71.8 Å². The molecule has 2 heteroatoms. The molecular formula is C15H16OSi. The maximum absolute atomic E-state index is 5.40.